The molecule has 7 heteroatoms. The maximum atomic E-state index is 11.9. The summed E-state index contributed by atoms with van der Waals surface area (Å²) in [5, 5.41) is 2.67. The standard InChI is InChI=1S/C16H15BrN2O3S/c1-18-23(21,22)15-8-6-14(7-9-15)19-16(20)10-5-12-3-2-4-13(17)11-12/h2-11,18H,1H3,(H,19,20)/b10-5+. The number of hydrogen-bond acceptors (Lipinski definition) is 3. The third-order valence-electron chi connectivity index (χ3n) is 2.98. The molecule has 0 unspecified atom stereocenters. The van der Waals surface area contributed by atoms with Gasteiger partial charge in [-0.3, -0.25) is 4.79 Å². The number of carbonyl (C=O) groups excluding carboxylic acids is 1. The van der Waals surface area contributed by atoms with Crippen LogP contribution in [0.1, 0.15) is 5.56 Å². The highest BCUT2D eigenvalue weighted by Crippen LogP contribution is 2.15. The average Bonchev–Trinajstić information content (AvgIpc) is 2.53. The summed E-state index contributed by atoms with van der Waals surface area (Å²) in [5.41, 5.74) is 1.41. The normalized spacial score (nSPS) is 11.6. The highest BCUT2D eigenvalue weighted by molar-refractivity contribution is 9.10. The van der Waals surface area contributed by atoms with E-state index in [0.29, 0.717) is 5.69 Å². The van der Waals surface area contributed by atoms with Crippen molar-refractivity contribution in [2.45, 2.75) is 4.90 Å². The first-order valence-corrected chi connectivity index (χ1v) is 8.96. The minimum absolute atomic E-state index is 0.141. The van der Waals surface area contributed by atoms with E-state index in [9.17, 15) is 13.2 Å². The summed E-state index contributed by atoms with van der Waals surface area (Å²) in [6.07, 6.45) is 3.11. The van der Waals surface area contributed by atoms with E-state index in [-0.39, 0.29) is 10.8 Å². The van der Waals surface area contributed by atoms with Crippen LogP contribution in [0.2, 0.25) is 0 Å². The number of nitrogens with one attached hydrogen (secondary N) is 2. The van der Waals surface area contributed by atoms with Crippen LogP contribution in [0.4, 0.5) is 5.69 Å². The van der Waals surface area contributed by atoms with Gasteiger partial charge in [-0.2, -0.15) is 0 Å². The minimum Gasteiger partial charge on any atom is -0.323 e. The van der Waals surface area contributed by atoms with Crippen LogP contribution in [0.5, 0.6) is 0 Å². The zero-order chi connectivity index (χ0) is 16.9. The highest BCUT2D eigenvalue weighted by Gasteiger charge is 2.10. The molecular formula is C16H15BrN2O3S. The lowest BCUT2D eigenvalue weighted by molar-refractivity contribution is -0.111. The number of sulfonamides is 1. The van der Waals surface area contributed by atoms with Crippen molar-refractivity contribution in [3.8, 4) is 0 Å². The fraction of sp³-hybridized carbons (Fsp3) is 0.0625. The molecular weight excluding hydrogens is 380 g/mol. The van der Waals surface area contributed by atoms with Crippen molar-refractivity contribution in [2.24, 2.45) is 0 Å². The predicted octanol–water partition coefficient (Wildman–Crippen LogP) is 3.01. The Morgan fingerprint density at radius 3 is 2.43 bits per heavy atom. The molecule has 0 saturated carbocycles. The third-order valence-corrected chi connectivity index (χ3v) is 4.90. The summed E-state index contributed by atoms with van der Waals surface area (Å²) in [5.74, 6) is -0.297. The number of rotatable bonds is 5. The molecule has 1 amide bonds. The zero-order valence-electron chi connectivity index (χ0n) is 12.3. The second kappa shape index (κ2) is 7.54. The molecule has 0 spiro atoms. The maximum Gasteiger partial charge on any atom is 0.248 e. The van der Waals surface area contributed by atoms with Crippen LogP contribution in [0.3, 0.4) is 0 Å². The van der Waals surface area contributed by atoms with Crippen LogP contribution in [-0.4, -0.2) is 21.4 Å². The Morgan fingerprint density at radius 1 is 1.13 bits per heavy atom. The summed E-state index contributed by atoms with van der Waals surface area (Å²) in [6, 6.07) is 13.5. The Hall–Kier alpha value is -1.96. The molecule has 23 heavy (non-hydrogen) atoms. The smallest absolute Gasteiger partial charge is 0.248 e. The summed E-state index contributed by atoms with van der Waals surface area (Å²) < 4.78 is 26.4. The number of carbonyl (C=O) groups is 1. The summed E-state index contributed by atoms with van der Waals surface area (Å²) >= 11 is 3.36. The molecule has 0 aromatic heterocycles. The van der Waals surface area contributed by atoms with Crippen LogP contribution >= 0.6 is 15.9 Å². The summed E-state index contributed by atoms with van der Waals surface area (Å²) in [6.45, 7) is 0. The highest BCUT2D eigenvalue weighted by atomic mass is 79.9. The van der Waals surface area contributed by atoms with E-state index >= 15 is 0 Å². The molecule has 5 nitrogen and oxygen atoms in total. The lowest BCUT2D eigenvalue weighted by Crippen LogP contribution is -2.18. The molecule has 2 aromatic carbocycles. The average molecular weight is 395 g/mol. The van der Waals surface area contributed by atoms with E-state index in [1.807, 2.05) is 24.3 Å². The topological polar surface area (TPSA) is 75.3 Å². The van der Waals surface area contributed by atoms with E-state index in [4.69, 9.17) is 0 Å². The van der Waals surface area contributed by atoms with Crippen molar-refractivity contribution >= 4 is 43.6 Å². The molecule has 0 heterocycles. The molecule has 0 fully saturated rings. The number of halogens is 1. The second-order valence-electron chi connectivity index (χ2n) is 4.61. The lowest BCUT2D eigenvalue weighted by Gasteiger charge is -2.05. The van der Waals surface area contributed by atoms with Gasteiger partial charge in [-0.1, -0.05) is 28.1 Å². The predicted molar refractivity (Wildman–Crippen MR) is 94.5 cm³/mol. The van der Waals surface area contributed by atoms with Gasteiger partial charge in [0.2, 0.25) is 15.9 Å². The third kappa shape index (κ3) is 5.02. The first-order chi connectivity index (χ1) is 10.9. The quantitative estimate of drug-likeness (QED) is 0.765. The van der Waals surface area contributed by atoms with Gasteiger partial charge in [-0.05, 0) is 55.1 Å². The molecule has 0 bridgehead atoms. The van der Waals surface area contributed by atoms with Gasteiger partial charge in [0.05, 0.1) is 4.90 Å². The summed E-state index contributed by atoms with van der Waals surface area (Å²) in [7, 11) is -2.13. The van der Waals surface area contributed by atoms with E-state index in [0.717, 1.165) is 10.0 Å². The van der Waals surface area contributed by atoms with Gasteiger partial charge in [-0.15, -0.1) is 0 Å². The first-order valence-electron chi connectivity index (χ1n) is 6.69. The Bertz CT molecular complexity index is 831. The van der Waals surface area contributed by atoms with Crippen LogP contribution in [0.15, 0.2) is 64.0 Å². The monoisotopic (exact) mass is 394 g/mol. The Kier molecular flexibility index (Phi) is 5.70. The molecule has 0 atom stereocenters. The van der Waals surface area contributed by atoms with Gasteiger partial charge in [0.25, 0.3) is 0 Å². The van der Waals surface area contributed by atoms with E-state index in [2.05, 4.69) is 26.0 Å². The van der Waals surface area contributed by atoms with Crippen molar-refractivity contribution in [2.75, 3.05) is 12.4 Å². The molecule has 2 rings (SSSR count). The van der Waals surface area contributed by atoms with Crippen molar-refractivity contribution in [3.63, 3.8) is 0 Å². The Labute approximate surface area is 143 Å². The van der Waals surface area contributed by atoms with E-state index in [1.165, 1.54) is 37.4 Å². The van der Waals surface area contributed by atoms with E-state index < -0.39 is 10.0 Å². The van der Waals surface area contributed by atoms with Crippen molar-refractivity contribution < 1.29 is 13.2 Å². The van der Waals surface area contributed by atoms with Crippen LogP contribution in [0, 0.1) is 0 Å². The molecule has 2 aromatic rings. The molecule has 0 aliphatic heterocycles. The zero-order valence-corrected chi connectivity index (χ0v) is 14.7. The van der Waals surface area contributed by atoms with Crippen molar-refractivity contribution in [3.05, 3.63) is 64.6 Å². The minimum atomic E-state index is -3.47. The van der Waals surface area contributed by atoms with Crippen molar-refractivity contribution in [1.82, 2.24) is 4.72 Å². The molecule has 2 N–H and O–H groups in total. The van der Waals surface area contributed by atoms with Gasteiger partial charge in [0.15, 0.2) is 0 Å². The second-order valence-corrected chi connectivity index (χ2v) is 7.41. The van der Waals surface area contributed by atoms with Gasteiger partial charge < -0.3 is 5.32 Å². The molecule has 0 saturated heterocycles. The Morgan fingerprint density at radius 2 is 1.83 bits per heavy atom. The van der Waals surface area contributed by atoms with Crippen LogP contribution < -0.4 is 10.0 Å². The van der Waals surface area contributed by atoms with Gasteiger partial charge in [0.1, 0.15) is 0 Å². The van der Waals surface area contributed by atoms with Crippen LogP contribution in [-0.2, 0) is 14.8 Å². The maximum absolute atomic E-state index is 11.9. The van der Waals surface area contributed by atoms with Gasteiger partial charge in [0, 0.05) is 16.2 Å². The van der Waals surface area contributed by atoms with Crippen molar-refractivity contribution in [1.29, 1.82) is 0 Å². The summed E-state index contributed by atoms with van der Waals surface area (Å²) in [4.78, 5) is 12.0. The number of anilines is 1. The van der Waals surface area contributed by atoms with E-state index in [1.54, 1.807) is 6.08 Å². The lowest BCUT2D eigenvalue weighted by atomic mass is 10.2. The largest absolute Gasteiger partial charge is 0.323 e. The number of hydrogen-bond donors (Lipinski definition) is 2. The molecule has 120 valence electrons. The first kappa shape index (κ1) is 17.4. The van der Waals surface area contributed by atoms with Crippen LogP contribution in [0.25, 0.3) is 6.08 Å². The van der Waals surface area contributed by atoms with Gasteiger partial charge >= 0.3 is 0 Å². The SMILES string of the molecule is CNS(=O)(=O)c1ccc(NC(=O)/C=C/c2cccc(Br)c2)cc1. The molecule has 0 radical (unpaired) electrons. The number of benzene rings is 2. The van der Waals surface area contributed by atoms with Gasteiger partial charge in [-0.25, -0.2) is 13.1 Å². The Balaban J connectivity index is 2.03. The fourth-order valence-electron chi connectivity index (χ4n) is 1.80. The molecule has 0 aliphatic rings. The fourth-order valence-corrected chi connectivity index (χ4v) is 2.95. The number of amides is 1. The molecule has 0 aliphatic carbocycles.